The summed E-state index contributed by atoms with van der Waals surface area (Å²) in [6, 6.07) is 9.63. The zero-order chi connectivity index (χ0) is 20.0. The summed E-state index contributed by atoms with van der Waals surface area (Å²) in [5, 5.41) is 9.02. The largest absolute Gasteiger partial charge is 0.493 e. The monoisotopic (exact) mass is 409 g/mol. The molecule has 1 aliphatic heterocycles. The van der Waals surface area contributed by atoms with E-state index in [2.05, 4.69) is 15.4 Å². The van der Waals surface area contributed by atoms with Crippen LogP contribution < -0.4 is 15.8 Å². The standard InChI is InChI=1S/C20H16FN5O2S/c21-13-2-3-16-14(8-13)15(5-6-28-16)23-19(27)17-7-12(10-29-17)11-1-4-18-24-20(22)25-26(18)9-11/h1-4,7-10,15H,5-6H2,(H2,22,25)(H,23,27). The first-order valence-corrected chi connectivity index (χ1v) is 9.89. The number of fused-ring (bicyclic) bond motifs is 2. The highest BCUT2D eigenvalue weighted by molar-refractivity contribution is 7.12. The molecule has 0 aliphatic carbocycles. The van der Waals surface area contributed by atoms with Crippen LogP contribution in [0.5, 0.6) is 5.75 Å². The van der Waals surface area contributed by atoms with Gasteiger partial charge in [0.15, 0.2) is 5.65 Å². The van der Waals surface area contributed by atoms with E-state index in [9.17, 15) is 9.18 Å². The van der Waals surface area contributed by atoms with Crippen molar-refractivity contribution in [1.29, 1.82) is 0 Å². The number of nitrogens with zero attached hydrogens (tertiary/aromatic N) is 3. The number of nitrogen functional groups attached to an aromatic ring is 1. The summed E-state index contributed by atoms with van der Waals surface area (Å²) in [5.74, 6) is 0.265. The molecule has 0 bridgehead atoms. The van der Waals surface area contributed by atoms with Gasteiger partial charge in [0.2, 0.25) is 5.95 Å². The SMILES string of the molecule is Nc1nc2ccc(-c3csc(C(=O)NC4CCOc5ccc(F)cc54)c3)cn2n1. The van der Waals surface area contributed by atoms with Crippen LogP contribution in [0.4, 0.5) is 10.3 Å². The second-order valence-corrected chi connectivity index (χ2v) is 7.65. The maximum absolute atomic E-state index is 13.6. The molecule has 0 radical (unpaired) electrons. The lowest BCUT2D eigenvalue weighted by molar-refractivity contribution is 0.0928. The minimum atomic E-state index is -0.351. The third kappa shape index (κ3) is 3.29. The molecule has 146 valence electrons. The average Bonchev–Trinajstić information content (AvgIpc) is 3.33. The predicted octanol–water partition coefficient (Wildman–Crippen LogP) is 3.43. The maximum atomic E-state index is 13.6. The fourth-order valence-corrected chi connectivity index (χ4v) is 4.24. The zero-order valence-corrected chi connectivity index (χ0v) is 15.9. The summed E-state index contributed by atoms with van der Waals surface area (Å²) >= 11 is 1.35. The van der Waals surface area contributed by atoms with Gasteiger partial charge < -0.3 is 15.8 Å². The molecule has 29 heavy (non-hydrogen) atoms. The average molecular weight is 409 g/mol. The molecule has 1 amide bonds. The number of thiophene rings is 1. The van der Waals surface area contributed by atoms with Crippen LogP contribution in [0.25, 0.3) is 16.8 Å². The highest BCUT2D eigenvalue weighted by Crippen LogP contribution is 2.33. The normalized spacial score (nSPS) is 15.7. The Morgan fingerprint density at radius 2 is 2.17 bits per heavy atom. The summed E-state index contributed by atoms with van der Waals surface area (Å²) in [5.41, 5.74) is 8.75. The van der Waals surface area contributed by atoms with Crippen LogP contribution in [0.1, 0.15) is 27.7 Å². The van der Waals surface area contributed by atoms with Crippen molar-refractivity contribution in [3.05, 3.63) is 64.2 Å². The lowest BCUT2D eigenvalue weighted by atomic mass is 10.0. The van der Waals surface area contributed by atoms with Crippen molar-refractivity contribution in [2.75, 3.05) is 12.3 Å². The van der Waals surface area contributed by atoms with Crippen molar-refractivity contribution in [3.63, 3.8) is 0 Å². The van der Waals surface area contributed by atoms with Gasteiger partial charge in [-0.3, -0.25) is 4.79 Å². The molecule has 3 aromatic heterocycles. The number of carbonyl (C=O) groups excluding carboxylic acids is 1. The Morgan fingerprint density at radius 1 is 1.28 bits per heavy atom. The first-order chi connectivity index (χ1) is 14.1. The molecule has 7 nitrogen and oxygen atoms in total. The van der Waals surface area contributed by atoms with Crippen molar-refractivity contribution in [3.8, 4) is 16.9 Å². The zero-order valence-electron chi connectivity index (χ0n) is 15.1. The number of benzene rings is 1. The molecule has 9 heteroatoms. The number of rotatable bonds is 3. The second-order valence-electron chi connectivity index (χ2n) is 6.74. The van der Waals surface area contributed by atoms with Crippen molar-refractivity contribution in [2.24, 2.45) is 0 Å². The molecule has 4 heterocycles. The van der Waals surface area contributed by atoms with Crippen LogP contribution in [0.2, 0.25) is 0 Å². The van der Waals surface area contributed by atoms with Gasteiger partial charge >= 0.3 is 0 Å². The van der Waals surface area contributed by atoms with E-state index in [0.717, 1.165) is 11.1 Å². The molecule has 1 atom stereocenters. The topological polar surface area (TPSA) is 94.5 Å². The lowest BCUT2D eigenvalue weighted by Crippen LogP contribution is -2.31. The number of nitrogens with two attached hydrogens (primary N) is 1. The highest BCUT2D eigenvalue weighted by Gasteiger charge is 2.24. The Labute approximate surface area is 168 Å². The first kappa shape index (κ1) is 17.6. The summed E-state index contributed by atoms with van der Waals surface area (Å²) in [7, 11) is 0. The number of hydrogen-bond acceptors (Lipinski definition) is 6. The molecule has 3 N–H and O–H groups in total. The van der Waals surface area contributed by atoms with Crippen LogP contribution in [0, 0.1) is 5.82 Å². The van der Waals surface area contributed by atoms with Crippen LogP contribution in [0.15, 0.2) is 48.0 Å². The van der Waals surface area contributed by atoms with Gasteiger partial charge in [-0.25, -0.2) is 8.91 Å². The number of halogens is 1. The van der Waals surface area contributed by atoms with E-state index in [1.165, 1.54) is 23.5 Å². The maximum Gasteiger partial charge on any atom is 0.261 e. The Morgan fingerprint density at radius 3 is 3.07 bits per heavy atom. The van der Waals surface area contributed by atoms with Gasteiger partial charge in [0.25, 0.3) is 5.91 Å². The van der Waals surface area contributed by atoms with Gasteiger partial charge in [0, 0.05) is 23.7 Å². The van der Waals surface area contributed by atoms with E-state index in [1.807, 2.05) is 29.8 Å². The predicted molar refractivity (Wildman–Crippen MR) is 107 cm³/mol. The van der Waals surface area contributed by atoms with Crippen LogP contribution in [0.3, 0.4) is 0 Å². The number of amides is 1. The van der Waals surface area contributed by atoms with Crippen molar-refractivity contribution >= 4 is 28.8 Å². The fourth-order valence-electron chi connectivity index (χ4n) is 3.42. The summed E-state index contributed by atoms with van der Waals surface area (Å²) < 4.78 is 20.8. The molecule has 1 aliphatic rings. The van der Waals surface area contributed by atoms with Crippen molar-refractivity contribution < 1.29 is 13.9 Å². The number of hydrogen-bond donors (Lipinski definition) is 2. The van der Waals surface area contributed by atoms with E-state index >= 15 is 0 Å². The van der Waals surface area contributed by atoms with E-state index < -0.39 is 0 Å². The Hall–Kier alpha value is -3.46. The second kappa shape index (κ2) is 6.85. The number of aromatic nitrogens is 3. The minimum Gasteiger partial charge on any atom is -0.493 e. The third-order valence-corrected chi connectivity index (χ3v) is 5.75. The van der Waals surface area contributed by atoms with Gasteiger partial charge in [0.1, 0.15) is 11.6 Å². The number of ether oxygens (including phenoxy) is 1. The van der Waals surface area contributed by atoms with Crippen LogP contribution >= 0.6 is 11.3 Å². The first-order valence-electron chi connectivity index (χ1n) is 9.01. The van der Waals surface area contributed by atoms with Gasteiger partial charge in [-0.2, -0.15) is 4.98 Å². The van der Waals surface area contributed by atoms with Crippen LogP contribution in [-0.2, 0) is 0 Å². The molecular formula is C20H16FN5O2S. The highest BCUT2D eigenvalue weighted by atomic mass is 32.1. The van der Waals surface area contributed by atoms with Gasteiger partial charge in [-0.05, 0) is 47.3 Å². The van der Waals surface area contributed by atoms with Gasteiger partial charge in [0.05, 0.1) is 17.5 Å². The smallest absolute Gasteiger partial charge is 0.261 e. The minimum absolute atomic E-state index is 0.200. The number of carbonyl (C=O) groups is 1. The van der Waals surface area contributed by atoms with Crippen molar-refractivity contribution in [1.82, 2.24) is 19.9 Å². The molecule has 0 saturated heterocycles. The number of pyridine rings is 1. The van der Waals surface area contributed by atoms with Crippen LogP contribution in [-0.4, -0.2) is 27.1 Å². The lowest BCUT2D eigenvalue weighted by Gasteiger charge is -2.26. The number of anilines is 1. The Kier molecular flexibility index (Phi) is 4.17. The number of nitrogens with one attached hydrogen (secondary N) is 1. The molecule has 5 rings (SSSR count). The fraction of sp³-hybridized carbons (Fsp3) is 0.150. The molecule has 4 aromatic rings. The summed E-state index contributed by atoms with van der Waals surface area (Å²) in [6.07, 6.45) is 2.41. The van der Waals surface area contributed by atoms with E-state index in [1.54, 1.807) is 10.6 Å². The molecule has 0 spiro atoms. The van der Waals surface area contributed by atoms with E-state index in [-0.39, 0.29) is 23.7 Å². The molecular weight excluding hydrogens is 393 g/mol. The summed E-state index contributed by atoms with van der Waals surface area (Å²) in [6.45, 7) is 0.473. The van der Waals surface area contributed by atoms with Gasteiger partial charge in [-0.15, -0.1) is 16.4 Å². The molecule has 1 unspecified atom stereocenters. The molecule has 0 saturated carbocycles. The molecule has 1 aromatic carbocycles. The third-order valence-electron chi connectivity index (χ3n) is 4.82. The van der Waals surface area contributed by atoms with Crippen molar-refractivity contribution in [2.45, 2.75) is 12.5 Å². The van der Waals surface area contributed by atoms with Gasteiger partial charge in [-0.1, -0.05) is 0 Å². The van der Waals surface area contributed by atoms with E-state index in [0.29, 0.717) is 34.9 Å². The quantitative estimate of drug-likeness (QED) is 0.541. The summed E-state index contributed by atoms with van der Waals surface area (Å²) in [4.78, 5) is 17.5. The molecule has 0 fully saturated rings. The Balaban J connectivity index is 1.38. The Bertz CT molecular complexity index is 1230. The van der Waals surface area contributed by atoms with E-state index in [4.69, 9.17) is 10.5 Å².